The Morgan fingerprint density at radius 2 is 1.70 bits per heavy atom. The maximum atomic E-state index is 13.9. The number of anilines is 1. The number of aromatic nitrogens is 4. The third-order valence-corrected chi connectivity index (χ3v) is 8.29. The second kappa shape index (κ2) is 11.4. The van der Waals surface area contributed by atoms with Crippen LogP contribution in [0.3, 0.4) is 0 Å². The lowest BCUT2D eigenvalue weighted by Gasteiger charge is -2.41. The fourth-order valence-electron chi connectivity index (χ4n) is 5.94. The summed E-state index contributed by atoms with van der Waals surface area (Å²) in [5.74, 6) is 1.17. The fraction of sp³-hybridized carbons (Fsp3) is 0.344. The molecule has 2 aliphatic heterocycles. The Balaban J connectivity index is 1.25. The Kier molecular flexibility index (Phi) is 7.46. The largest absolute Gasteiger partial charge is 0.457 e. The van der Waals surface area contributed by atoms with Crippen molar-refractivity contribution in [1.29, 1.82) is 5.26 Å². The lowest BCUT2D eigenvalue weighted by atomic mass is 9.95. The van der Waals surface area contributed by atoms with Crippen molar-refractivity contribution in [3.63, 3.8) is 0 Å². The molecule has 2 N–H and O–H groups in total. The number of nitrogens with zero attached hydrogens (tertiary/aromatic N) is 7. The van der Waals surface area contributed by atoms with Crippen molar-refractivity contribution in [3.05, 3.63) is 83.1 Å². The van der Waals surface area contributed by atoms with Crippen LogP contribution >= 0.6 is 0 Å². The van der Waals surface area contributed by atoms with Gasteiger partial charge in [-0.25, -0.2) is 14.8 Å². The molecule has 11 heteroatoms. The number of ether oxygens (including phenoxy) is 1. The zero-order chi connectivity index (χ0) is 30.1. The molecule has 2 aromatic carbocycles. The molecular formula is C32H34N8O3. The zero-order valence-electron chi connectivity index (χ0n) is 24.3. The van der Waals surface area contributed by atoms with E-state index in [0.29, 0.717) is 28.4 Å². The van der Waals surface area contributed by atoms with Crippen LogP contribution in [0.2, 0.25) is 0 Å². The lowest BCUT2D eigenvalue weighted by Crippen LogP contribution is -2.53. The maximum Gasteiger partial charge on any atom is 0.335 e. The summed E-state index contributed by atoms with van der Waals surface area (Å²) in [6, 6.07) is 18.3. The van der Waals surface area contributed by atoms with Crippen LogP contribution in [0.4, 0.5) is 5.82 Å². The predicted octanol–water partition coefficient (Wildman–Crippen LogP) is 4.05. The van der Waals surface area contributed by atoms with Gasteiger partial charge in [-0.15, -0.1) is 0 Å². The number of hydrogen-bond donors (Lipinski definition) is 1. The molecule has 11 nitrogen and oxygen atoms in total. The van der Waals surface area contributed by atoms with Gasteiger partial charge in [-0.2, -0.15) is 5.26 Å². The zero-order valence-corrected chi connectivity index (χ0v) is 24.3. The Labute approximate surface area is 249 Å². The summed E-state index contributed by atoms with van der Waals surface area (Å²) in [5.41, 5.74) is 7.00. The Morgan fingerprint density at radius 3 is 2.37 bits per heavy atom. The molecule has 0 bridgehead atoms. The van der Waals surface area contributed by atoms with Gasteiger partial charge in [-0.1, -0.05) is 24.6 Å². The molecule has 0 spiro atoms. The molecular weight excluding hydrogens is 544 g/mol. The van der Waals surface area contributed by atoms with E-state index in [1.165, 1.54) is 17.3 Å². The summed E-state index contributed by atoms with van der Waals surface area (Å²) in [4.78, 5) is 39.7. The molecule has 2 aliphatic rings. The molecule has 6 rings (SSSR count). The van der Waals surface area contributed by atoms with Gasteiger partial charge in [0.15, 0.2) is 11.5 Å². The third-order valence-electron chi connectivity index (χ3n) is 8.29. The van der Waals surface area contributed by atoms with Gasteiger partial charge >= 0.3 is 5.69 Å². The monoisotopic (exact) mass is 578 g/mol. The number of nitriles is 1. The molecule has 43 heavy (non-hydrogen) atoms. The minimum Gasteiger partial charge on any atom is -0.457 e. The quantitative estimate of drug-likeness (QED) is 0.256. The van der Waals surface area contributed by atoms with Gasteiger partial charge < -0.3 is 15.4 Å². The minimum absolute atomic E-state index is 0.119. The Hall–Kier alpha value is -4.95. The van der Waals surface area contributed by atoms with E-state index in [9.17, 15) is 14.9 Å². The average molecular weight is 579 g/mol. The Bertz CT molecular complexity index is 1770. The van der Waals surface area contributed by atoms with Crippen LogP contribution in [-0.4, -0.2) is 66.5 Å². The highest BCUT2D eigenvalue weighted by molar-refractivity contribution is 5.98. The Morgan fingerprint density at radius 1 is 1.02 bits per heavy atom. The molecule has 220 valence electrons. The number of likely N-dealkylation sites (tertiary alicyclic amines) is 2. The molecule has 0 radical (unpaired) electrons. The summed E-state index contributed by atoms with van der Waals surface area (Å²) < 4.78 is 8.96. The molecule has 0 atom stereocenters. The first-order chi connectivity index (χ1) is 20.8. The predicted molar refractivity (Wildman–Crippen MR) is 163 cm³/mol. The van der Waals surface area contributed by atoms with Gasteiger partial charge in [0, 0.05) is 18.6 Å². The number of rotatable bonds is 7. The highest BCUT2D eigenvalue weighted by Crippen LogP contribution is 2.30. The van der Waals surface area contributed by atoms with Crippen molar-refractivity contribution in [2.75, 3.05) is 31.9 Å². The van der Waals surface area contributed by atoms with Crippen molar-refractivity contribution in [3.8, 4) is 23.3 Å². The smallest absolute Gasteiger partial charge is 0.335 e. The molecule has 2 fully saturated rings. The molecule has 0 unspecified atom stereocenters. The van der Waals surface area contributed by atoms with Crippen molar-refractivity contribution in [1.82, 2.24) is 28.9 Å². The molecule has 0 saturated carbocycles. The number of hydrogen-bond acceptors (Lipinski definition) is 8. The van der Waals surface area contributed by atoms with Crippen LogP contribution in [0.5, 0.6) is 11.5 Å². The summed E-state index contributed by atoms with van der Waals surface area (Å²) in [5, 5.41) is 9.87. The third kappa shape index (κ3) is 5.37. The number of carbonyl (C=O) groups is 1. The van der Waals surface area contributed by atoms with E-state index in [2.05, 4.69) is 20.9 Å². The standard InChI is InChI=1S/C32H34N8O3/c1-32(2,38-15-7-4-8-16-38)17-22(18-33)30(41)37-19-24(20-37)40-29-27(28(34)35-21-36-29)39(31(40)42)23-11-13-26(14-12-23)43-25-9-5-3-6-10-25/h3,5-6,9-14,17,21,24H,4,7-8,15-16,19-20H2,1-2H3,(H2,34,35,36)/b22-17-. The summed E-state index contributed by atoms with van der Waals surface area (Å²) in [6.07, 6.45) is 6.54. The summed E-state index contributed by atoms with van der Waals surface area (Å²) >= 11 is 0. The highest BCUT2D eigenvalue weighted by Gasteiger charge is 2.38. The van der Waals surface area contributed by atoms with E-state index in [1.54, 1.807) is 39.8 Å². The number of amides is 1. The maximum absolute atomic E-state index is 13.9. The number of fused-ring (bicyclic) bond motifs is 1. The van der Waals surface area contributed by atoms with Crippen molar-refractivity contribution >= 4 is 22.9 Å². The van der Waals surface area contributed by atoms with Crippen LogP contribution in [-0.2, 0) is 4.79 Å². The van der Waals surface area contributed by atoms with Crippen molar-refractivity contribution < 1.29 is 9.53 Å². The van der Waals surface area contributed by atoms with Gasteiger partial charge in [0.1, 0.15) is 35.0 Å². The lowest BCUT2D eigenvalue weighted by molar-refractivity contribution is -0.132. The van der Waals surface area contributed by atoms with Crippen LogP contribution in [0.15, 0.2) is 77.4 Å². The topological polar surface area (TPSA) is 135 Å². The number of benzene rings is 2. The second-order valence-electron chi connectivity index (χ2n) is 11.6. The SMILES string of the molecule is CC(C)(/C=C(/C#N)C(=O)N1CC(n2c(=O)n(-c3ccc(Oc4ccccc4)cc3)c3c(N)ncnc32)C1)N1CCCCC1. The molecule has 2 aromatic heterocycles. The highest BCUT2D eigenvalue weighted by atomic mass is 16.5. The molecule has 1 amide bonds. The first-order valence-corrected chi connectivity index (χ1v) is 14.5. The summed E-state index contributed by atoms with van der Waals surface area (Å²) in [7, 11) is 0. The van der Waals surface area contributed by atoms with Gasteiger partial charge in [-0.05, 0) is 82.3 Å². The van der Waals surface area contributed by atoms with Crippen LogP contribution in [0.25, 0.3) is 16.9 Å². The van der Waals surface area contributed by atoms with Crippen LogP contribution in [0.1, 0.15) is 39.2 Å². The van der Waals surface area contributed by atoms with Gasteiger partial charge in [0.25, 0.3) is 5.91 Å². The summed E-state index contributed by atoms with van der Waals surface area (Å²) in [6.45, 7) is 6.52. The number of piperidine rings is 1. The fourth-order valence-corrected chi connectivity index (χ4v) is 5.94. The van der Waals surface area contributed by atoms with Gasteiger partial charge in [0.05, 0.1) is 11.7 Å². The van der Waals surface area contributed by atoms with Crippen molar-refractivity contribution in [2.45, 2.75) is 44.7 Å². The van der Waals surface area contributed by atoms with E-state index < -0.39 is 5.54 Å². The number of para-hydroxylation sites is 1. The van der Waals surface area contributed by atoms with Crippen LogP contribution in [0, 0.1) is 11.3 Å². The first-order valence-electron chi connectivity index (χ1n) is 14.5. The van der Waals surface area contributed by atoms with Gasteiger partial charge in [-0.3, -0.25) is 18.8 Å². The minimum atomic E-state index is -0.411. The number of carbonyl (C=O) groups excluding carboxylic acids is 1. The average Bonchev–Trinajstić information content (AvgIpc) is 3.29. The van der Waals surface area contributed by atoms with E-state index in [-0.39, 0.29) is 42.1 Å². The number of imidazole rings is 1. The van der Waals surface area contributed by atoms with E-state index in [1.807, 2.05) is 44.2 Å². The molecule has 0 aliphatic carbocycles. The second-order valence-corrected chi connectivity index (χ2v) is 11.6. The van der Waals surface area contributed by atoms with Gasteiger partial charge in [0.2, 0.25) is 0 Å². The van der Waals surface area contributed by atoms with E-state index in [4.69, 9.17) is 10.5 Å². The van der Waals surface area contributed by atoms with Crippen LogP contribution < -0.4 is 16.2 Å². The number of nitrogen functional groups attached to an aromatic ring is 1. The molecule has 4 aromatic rings. The van der Waals surface area contributed by atoms with Crippen molar-refractivity contribution in [2.24, 2.45) is 0 Å². The van der Waals surface area contributed by atoms with E-state index >= 15 is 0 Å². The first kappa shape index (κ1) is 28.2. The molecule has 4 heterocycles. The normalized spacial score (nSPS) is 16.6. The number of nitrogens with two attached hydrogens (primary N) is 1. The molecule has 2 saturated heterocycles. The van der Waals surface area contributed by atoms with E-state index in [0.717, 1.165) is 25.9 Å².